The molecule has 3 saturated heterocycles. The summed E-state index contributed by atoms with van der Waals surface area (Å²) in [6.45, 7) is 2.83. The van der Waals surface area contributed by atoms with Crippen LogP contribution in [-0.4, -0.2) is 319 Å². The van der Waals surface area contributed by atoms with Gasteiger partial charge in [-0.2, -0.15) is 13.2 Å². The van der Waals surface area contributed by atoms with E-state index in [-0.39, 0.29) is 63.2 Å². The molecule has 0 radical (unpaired) electrons. The number of aliphatic hydroxyl groups is 14. The van der Waals surface area contributed by atoms with Gasteiger partial charge < -0.3 is 189 Å². The van der Waals surface area contributed by atoms with Crippen LogP contribution in [0.15, 0.2) is 121 Å². The van der Waals surface area contributed by atoms with Crippen molar-refractivity contribution in [3.05, 3.63) is 176 Å². The fourth-order valence-corrected chi connectivity index (χ4v) is 18.8. The number of aliphatic carboxylic acids is 1. The molecule has 7 aromatic carbocycles. The number of nitrogens with two attached hydrogens (primary N) is 1. The molecule has 7 unspecified atom stereocenters. The molecule has 7 aromatic rings. The van der Waals surface area contributed by atoms with Crippen LogP contribution in [0.1, 0.15) is 141 Å². The van der Waals surface area contributed by atoms with Gasteiger partial charge in [-0.3, -0.25) is 38.4 Å². The maximum Gasteiger partial charge on any atom is 0.416 e. The first-order valence-corrected chi connectivity index (χ1v) is 48.2. The number of hydrogen-bond donors (Lipinski definition) is 29. The van der Waals surface area contributed by atoms with E-state index in [0.29, 0.717) is 16.7 Å². The number of carbonyl (C=O) groups is 9. The van der Waals surface area contributed by atoms with Gasteiger partial charge in [0, 0.05) is 49.4 Å². The van der Waals surface area contributed by atoms with E-state index in [1.54, 1.807) is 45.0 Å². The van der Waals surface area contributed by atoms with Crippen molar-refractivity contribution in [3.8, 4) is 68.2 Å². The van der Waals surface area contributed by atoms with E-state index in [2.05, 4.69) is 53.2 Å². The predicted molar refractivity (Wildman–Crippen MR) is 511 cm³/mol. The first-order valence-electron chi connectivity index (χ1n) is 47.4. The summed E-state index contributed by atoms with van der Waals surface area (Å²) in [5.74, 6) is -19.2. The van der Waals surface area contributed by atoms with Crippen molar-refractivity contribution in [2.24, 2.45) is 11.7 Å². The summed E-state index contributed by atoms with van der Waals surface area (Å²) in [6, 6.07) is 8.05. The predicted octanol–water partition coefficient (Wildman–Crippen LogP) is -0.741. The highest BCUT2D eigenvalue weighted by Crippen LogP contribution is 2.52. The topological polar surface area (TPSA) is 738 Å². The monoisotopic (exact) mass is 2140 g/mol. The van der Waals surface area contributed by atoms with Gasteiger partial charge in [0.05, 0.1) is 70.7 Å². The Morgan fingerprint density at radius 1 is 0.638 bits per heavy atom. The van der Waals surface area contributed by atoms with Gasteiger partial charge >= 0.3 is 12.1 Å². The number of alkyl halides is 3. The third-order valence-corrected chi connectivity index (χ3v) is 27.2. The van der Waals surface area contributed by atoms with Gasteiger partial charge in [-0.15, -0.1) is 0 Å². The average Bonchev–Trinajstić information content (AvgIpc) is 0.758. The molecule has 30 N–H and O–H groups in total. The van der Waals surface area contributed by atoms with E-state index < -0.39 is 357 Å². The number of carboxylic acids is 1. The number of nitrogens with one attached hydrogen (secondary N) is 10. The van der Waals surface area contributed by atoms with Crippen LogP contribution in [-0.2, 0) is 86.1 Å². The molecule has 8 aliphatic rings. The van der Waals surface area contributed by atoms with Crippen molar-refractivity contribution >= 4 is 76.4 Å². The zero-order chi connectivity index (χ0) is 109. The second-order valence-electron chi connectivity index (χ2n) is 37.2. The highest BCUT2D eigenvalue weighted by Gasteiger charge is 2.55. The molecule has 27 atom stereocenters. The third-order valence-electron chi connectivity index (χ3n) is 26.6. The van der Waals surface area contributed by atoms with Crippen LogP contribution in [0, 0.1) is 5.92 Å². The number of likely N-dealkylation sites (N-methyl/N-ethyl adjacent to an activating group) is 1. The summed E-state index contributed by atoms with van der Waals surface area (Å²) in [5, 5.41) is 229. The number of aromatic hydroxyl groups is 3. The molecule has 810 valence electrons. The minimum Gasteiger partial charge on any atom is -0.507 e. The normalized spacial score (nSPS) is 27.8. The first-order chi connectivity index (χ1) is 70.6. The number of aliphatic hydroxyl groups excluding tert-OH is 14. The summed E-state index contributed by atoms with van der Waals surface area (Å²) in [6.07, 6.45) is -43.2. The Kier molecular flexibility index (Phi) is 37.6. The highest BCUT2D eigenvalue weighted by atomic mass is 35.5. The molecule has 8 aliphatic heterocycles. The highest BCUT2D eigenvalue weighted by molar-refractivity contribution is 6.32. The largest absolute Gasteiger partial charge is 0.507 e. The van der Waals surface area contributed by atoms with Gasteiger partial charge in [-0.05, 0) is 158 Å². The van der Waals surface area contributed by atoms with Crippen LogP contribution in [0.5, 0.6) is 46.0 Å². The van der Waals surface area contributed by atoms with Crippen LogP contribution >= 0.6 is 23.2 Å². The molecule has 0 aromatic heterocycles. The smallest absolute Gasteiger partial charge is 0.416 e. The van der Waals surface area contributed by atoms with Gasteiger partial charge in [-0.25, -0.2) is 4.79 Å². The average molecular weight is 2140 g/mol. The second kappa shape index (κ2) is 49.0. The minimum atomic E-state index is -4.58. The number of benzene rings is 7. The summed E-state index contributed by atoms with van der Waals surface area (Å²) < 4.78 is 91.1. The van der Waals surface area contributed by atoms with E-state index >= 15 is 24.0 Å². The molecule has 51 heteroatoms. The Morgan fingerprint density at radius 2 is 1.24 bits per heavy atom. The minimum absolute atomic E-state index is 0.0451. The van der Waals surface area contributed by atoms with Crippen molar-refractivity contribution in [3.63, 3.8) is 0 Å². The number of rotatable bonds is 33. The van der Waals surface area contributed by atoms with Crippen molar-refractivity contribution in [1.82, 2.24) is 53.2 Å². The van der Waals surface area contributed by atoms with Crippen molar-refractivity contribution in [1.29, 1.82) is 0 Å². The van der Waals surface area contributed by atoms with E-state index in [1.165, 1.54) is 32.2 Å². The molecule has 8 amide bonds. The lowest BCUT2D eigenvalue weighted by Gasteiger charge is -2.49. The van der Waals surface area contributed by atoms with Crippen LogP contribution < -0.4 is 73.1 Å². The Bertz CT molecular complexity index is 5990. The summed E-state index contributed by atoms with van der Waals surface area (Å²) in [4.78, 5) is 134. The van der Waals surface area contributed by atoms with E-state index in [1.807, 2.05) is 0 Å². The first kappa shape index (κ1) is 114. The van der Waals surface area contributed by atoms with Crippen molar-refractivity contribution < 1.29 is 186 Å². The quantitative estimate of drug-likeness (QED) is 0.0225. The summed E-state index contributed by atoms with van der Waals surface area (Å²) in [5.41, 5.74) is 1.01. The summed E-state index contributed by atoms with van der Waals surface area (Å²) >= 11 is 14.4. The molecule has 3 fully saturated rings. The molecule has 46 nitrogen and oxygen atoms in total. The standard InChI is InChI=1S/C98H118Cl2F3N11O35/c1-6-97(108-35-41-8-10-42(11-9-41)43-12-17-48(18-13-43)98(101,102)103)34-66(142-40(4)86(97)132)147-85-79(128)77(126)64(38-117)146-96(85)149-84-62-30-47-31-63(84)144-60-21-16-46(29-53(60)100)74(123)72-92(138)112-70(94(140)141)50-32-57(119)51(36-106-23-7-24-107-93(139)81(130)80(129)83(58(120)37-116)148-95-82(131)78(127)76(125)61(145-95)22-25-115)75(124)67(50)49-27-44(14-19-56(49)118)68(89(135)114-72)111-90(136)69(47)110-88(134)55(33-65(104)121)109-91(137)71(113-87(133)54(105-5)26-39(2)3)73(122)45-15-20-59(143-62)52(99)28-45/h8-21,27-32,39-40,54-55,58,61,64,66,68-74,76-83,85-86,95-96,105-106,108,115-120,122-132H,6-7,22-26,33-38H2,1-5H3,(H2,104,121)(H,107,139)(H,109,137)(H,110,134)(H,111,136)(H,112,138)(H,113,133)(H,114,135)(H,140,141)/t40?,54-,55?,58-,61?,64-,66+,68-,69-,70+,71-,72+,73-,74-,76+,77?,78+,79?,80-,81-,82?,83-,85-,86-,95+,96+,97?/m1/s1. The molecule has 8 heterocycles. The number of fused-ring (bicyclic) bond motifs is 15. The number of carbonyl (C=O) groups excluding carboxylic acids is 8. The SMILES string of the molecule is CCC1(NCc2ccc(-c3ccc(C(F)(F)F)cc3)cc2)C[C@H](O[C@@H]2C(O)C(O)[C@@H](CO)O[C@H]2Oc2c3cc4cc2Oc2ccc(cc2Cl)[C@@H](O)[C@@H](NC(=O)[C@@H](CC(C)C)NC)C(=O)NC(CC(N)=O)C(=O)N[C@H]4C(=O)N[C@H]2C(=O)N[C@H](C(=O)N[C@H](C(=O)O)c4cc(O)c(CNCCCNC(=O)[C@H](O)[C@@H](O)[C@H](O[C@@H]5OC(CCO)[C@H](O)[C@H](O)C5O)[C@H](O)CO)c(O)c4-c4cc2ccc4O)[C@H](O)c2ccc(c(Cl)c2)O3)OC(C)[C@H]1O. The Labute approximate surface area is 857 Å². The van der Waals surface area contributed by atoms with Crippen molar-refractivity contribution in [2.45, 2.75) is 250 Å². The van der Waals surface area contributed by atoms with Gasteiger partial charge in [0.15, 0.2) is 42.3 Å². The number of ether oxygens (including phenoxy) is 8. The van der Waals surface area contributed by atoms with Gasteiger partial charge in [-0.1, -0.05) is 98.6 Å². The molecule has 15 rings (SSSR count). The maximum absolute atomic E-state index is 16.6. The molecular formula is C98H118Cl2F3N11O35. The molecule has 0 aliphatic carbocycles. The van der Waals surface area contributed by atoms with Crippen LogP contribution in [0.2, 0.25) is 10.0 Å². The van der Waals surface area contributed by atoms with E-state index in [4.69, 9.17) is 66.8 Å². The lowest BCUT2D eigenvalue weighted by Crippen LogP contribution is -2.66. The number of hydrogen-bond acceptors (Lipinski definition) is 37. The Balaban J connectivity index is 0.905. The zero-order valence-electron chi connectivity index (χ0n) is 80.3. The van der Waals surface area contributed by atoms with Crippen molar-refractivity contribution in [2.75, 3.05) is 40.0 Å². The van der Waals surface area contributed by atoms with Crippen LogP contribution in [0.3, 0.4) is 0 Å². The van der Waals surface area contributed by atoms with Gasteiger partial charge in [0.2, 0.25) is 53.4 Å². The number of phenolic OH excluding ortho intramolecular Hbond substituents is 3. The lowest BCUT2D eigenvalue weighted by molar-refractivity contribution is -0.335. The van der Waals surface area contributed by atoms with E-state index in [0.717, 1.165) is 78.9 Å². The fourth-order valence-electron chi connectivity index (χ4n) is 18.3. The van der Waals surface area contributed by atoms with Gasteiger partial charge in [0.25, 0.3) is 5.91 Å². The molecular weight excluding hydrogens is 2020 g/mol. The number of phenols is 3. The lowest BCUT2D eigenvalue weighted by atomic mass is 9.80. The maximum atomic E-state index is 16.6. The Hall–Kier alpha value is -11.9. The molecule has 0 saturated carbocycles. The molecule has 0 spiro atoms. The summed E-state index contributed by atoms with van der Waals surface area (Å²) in [7, 11) is 1.44. The zero-order valence-corrected chi connectivity index (χ0v) is 81.8. The Morgan fingerprint density at radius 3 is 1.83 bits per heavy atom. The number of amides is 8. The second-order valence-corrected chi connectivity index (χ2v) is 38.1. The third kappa shape index (κ3) is 25.9. The number of primary amides is 1. The molecule has 149 heavy (non-hydrogen) atoms. The number of halogens is 5. The van der Waals surface area contributed by atoms with Crippen LogP contribution in [0.25, 0.3) is 22.3 Å². The van der Waals surface area contributed by atoms with E-state index in [9.17, 15) is 124 Å². The fraction of sp³-hybridized carbons (Fsp3) is 0.480. The molecule has 11 bridgehead atoms. The number of carboxylic acid groups (broad SMARTS) is 1. The van der Waals surface area contributed by atoms with Gasteiger partial charge in [0.1, 0.15) is 126 Å². The van der Waals surface area contributed by atoms with Crippen LogP contribution in [0.4, 0.5) is 13.2 Å².